The van der Waals surface area contributed by atoms with E-state index < -0.39 is 29.4 Å². The van der Waals surface area contributed by atoms with Crippen LogP contribution in [0.4, 0.5) is 14.6 Å². The van der Waals surface area contributed by atoms with Crippen molar-refractivity contribution < 1.29 is 19.0 Å². The Morgan fingerprint density at radius 3 is 2.86 bits per heavy atom. The quantitative estimate of drug-likeness (QED) is 0.341. The minimum Gasteiger partial charge on any atom is -0.393 e. The largest absolute Gasteiger partial charge is 0.393 e. The molecule has 0 saturated heterocycles. The molecule has 0 aliphatic carbocycles. The average Bonchev–Trinajstić information content (AvgIpc) is 2.67. The number of H-pyrrole nitrogens is 1. The second-order valence-corrected chi connectivity index (χ2v) is 7.25. The monoisotopic (exact) mass is 409 g/mol. The Kier molecular flexibility index (Phi) is 5.87. The van der Waals surface area contributed by atoms with Crippen molar-refractivity contribution in [1.29, 1.82) is 0 Å². The highest BCUT2D eigenvalue weighted by atomic mass is 32.2. The van der Waals surface area contributed by atoms with E-state index >= 15 is 0 Å². The summed E-state index contributed by atoms with van der Waals surface area (Å²) in [7, 11) is 0. The number of hydrogen-bond acceptors (Lipinski definition) is 8. The van der Waals surface area contributed by atoms with Crippen LogP contribution in [0.2, 0.25) is 0 Å². The smallest absolute Gasteiger partial charge is 0.268 e. The van der Waals surface area contributed by atoms with Gasteiger partial charge in [0.15, 0.2) is 28.3 Å². The molecule has 0 spiro atoms. The van der Waals surface area contributed by atoms with E-state index in [0.29, 0.717) is 0 Å². The van der Waals surface area contributed by atoms with Crippen LogP contribution < -0.4 is 10.9 Å². The summed E-state index contributed by atoms with van der Waals surface area (Å²) < 4.78 is 27.2. The van der Waals surface area contributed by atoms with Crippen molar-refractivity contribution in [2.24, 2.45) is 0 Å². The number of nitrogens with one attached hydrogen (secondary N) is 2. The van der Waals surface area contributed by atoms with E-state index in [1.807, 2.05) is 0 Å². The van der Waals surface area contributed by atoms with Crippen LogP contribution in [0.1, 0.15) is 12.5 Å². The number of aliphatic hydroxyl groups is 2. The first-order valence-electron chi connectivity index (χ1n) is 8.19. The number of halogens is 2. The van der Waals surface area contributed by atoms with Gasteiger partial charge in [-0.1, -0.05) is 23.9 Å². The first-order chi connectivity index (χ1) is 13.3. The van der Waals surface area contributed by atoms with Gasteiger partial charge in [0.05, 0.1) is 12.8 Å². The van der Waals surface area contributed by atoms with Gasteiger partial charge >= 0.3 is 0 Å². The molecule has 2 aromatic heterocycles. The number of hydrogen-bond donors (Lipinski definition) is 4. The Hall–Kier alpha value is -2.63. The Balaban J connectivity index is 1.91. The van der Waals surface area contributed by atoms with Crippen LogP contribution in [-0.4, -0.2) is 48.9 Å². The Morgan fingerprint density at radius 1 is 1.32 bits per heavy atom. The molecule has 4 N–H and O–H groups in total. The lowest BCUT2D eigenvalue weighted by atomic mass is 10.1. The number of anilines is 1. The standard InChI is InChI=1S/C17H17F2N5O3S/c1-17(27,8-25)7-21-14-13-15(22-11(26)5-20-13)24-16(23-14)28-6-9-3-2-4-10(18)12(9)19/h2-5,25,27H,6-8H2,1H3,(H2,21,22,23,24,26). The molecule has 0 radical (unpaired) electrons. The summed E-state index contributed by atoms with van der Waals surface area (Å²) in [5.41, 5.74) is -1.32. The van der Waals surface area contributed by atoms with Crippen molar-refractivity contribution in [2.45, 2.75) is 23.4 Å². The lowest BCUT2D eigenvalue weighted by Gasteiger charge is -2.21. The molecule has 3 aromatic rings. The summed E-state index contributed by atoms with van der Waals surface area (Å²) in [4.78, 5) is 26.6. The van der Waals surface area contributed by atoms with Crippen molar-refractivity contribution in [2.75, 3.05) is 18.5 Å². The highest BCUT2D eigenvalue weighted by Crippen LogP contribution is 2.26. The van der Waals surface area contributed by atoms with Crippen LogP contribution >= 0.6 is 11.8 Å². The van der Waals surface area contributed by atoms with Crippen LogP contribution in [-0.2, 0) is 5.75 Å². The highest BCUT2D eigenvalue weighted by Gasteiger charge is 2.20. The average molecular weight is 409 g/mol. The number of aromatic nitrogens is 4. The van der Waals surface area contributed by atoms with Crippen LogP contribution in [0.15, 0.2) is 34.3 Å². The van der Waals surface area contributed by atoms with Gasteiger partial charge in [-0.2, -0.15) is 0 Å². The third-order valence-electron chi connectivity index (χ3n) is 3.78. The molecule has 148 valence electrons. The van der Waals surface area contributed by atoms with Gasteiger partial charge in [-0.15, -0.1) is 0 Å². The fourth-order valence-corrected chi connectivity index (χ4v) is 3.06. The molecule has 11 heteroatoms. The third kappa shape index (κ3) is 4.61. The van der Waals surface area contributed by atoms with E-state index in [4.69, 9.17) is 0 Å². The highest BCUT2D eigenvalue weighted by molar-refractivity contribution is 7.98. The van der Waals surface area contributed by atoms with Gasteiger partial charge in [0, 0.05) is 17.9 Å². The van der Waals surface area contributed by atoms with Crippen LogP contribution in [0, 0.1) is 11.6 Å². The van der Waals surface area contributed by atoms with Crippen molar-refractivity contribution in [3.63, 3.8) is 0 Å². The lowest BCUT2D eigenvalue weighted by Crippen LogP contribution is -2.37. The van der Waals surface area contributed by atoms with Gasteiger partial charge < -0.3 is 20.5 Å². The van der Waals surface area contributed by atoms with Gasteiger partial charge in [0.1, 0.15) is 11.1 Å². The van der Waals surface area contributed by atoms with E-state index in [9.17, 15) is 23.8 Å². The molecule has 0 amide bonds. The number of fused-ring (bicyclic) bond motifs is 1. The van der Waals surface area contributed by atoms with E-state index in [2.05, 4.69) is 25.3 Å². The number of benzene rings is 1. The molecule has 1 atom stereocenters. The Morgan fingerprint density at radius 2 is 2.11 bits per heavy atom. The van der Waals surface area contributed by atoms with Gasteiger partial charge in [-0.25, -0.2) is 23.7 Å². The summed E-state index contributed by atoms with van der Waals surface area (Å²) in [5, 5.41) is 22.2. The molecular formula is C17H17F2N5O3S. The van der Waals surface area contributed by atoms with Crippen molar-refractivity contribution in [3.8, 4) is 0 Å². The number of nitrogens with zero attached hydrogens (tertiary/aromatic N) is 3. The zero-order valence-corrected chi connectivity index (χ0v) is 15.6. The molecule has 1 unspecified atom stereocenters. The molecule has 8 nitrogen and oxygen atoms in total. The van der Waals surface area contributed by atoms with Crippen molar-refractivity contribution in [1.82, 2.24) is 19.9 Å². The van der Waals surface area contributed by atoms with Gasteiger partial charge in [0.25, 0.3) is 5.56 Å². The van der Waals surface area contributed by atoms with Gasteiger partial charge in [-0.3, -0.25) is 4.79 Å². The summed E-state index contributed by atoms with van der Waals surface area (Å²) in [6.45, 7) is 0.911. The summed E-state index contributed by atoms with van der Waals surface area (Å²) >= 11 is 1.04. The molecular weight excluding hydrogens is 392 g/mol. The predicted octanol–water partition coefficient (Wildman–Crippen LogP) is 1.44. The minimum atomic E-state index is -1.41. The number of aromatic amines is 1. The second-order valence-electron chi connectivity index (χ2n) is 6.31. The summed E-state index contributed by atoms with van der Waals surface area (Å²) in [6, 6.07) is 3.88. The zero-order chi connectivity index (χ0) is 20.3. The third-order valence-corrected chi connectivity index (χ3v) is 4.68. The first-order valence-corrected chi connectivity index (χ1v) is 9.17. The predicted molar refractivity (Wildman–Crippen MR) is 100 cm³/mol. The maximum Gasteiger partial charge on any atom is 0.268 e. The summed E-state index contributed by atoms with van der Waals surface area (Å²) in [6.07, 6.45) is 1.07. The SMILES string of the molecule is CC(O)(CO)CNc1nc(SCc2cccc(F)c2F)nc2[nH]c(=O)cnc12. The molecule has 1 aromatic carbocycles. The number of thioether (sulfide) groups is 1. The van der Waals surface area contributed by atoms with Gasteiger partial charge in [-0.05, 0) is 13.0 Å². The number of aliphatic hydroxyl groups excluding tert-OH is 1. The van der Waals surface area contributed by atoms with E-state index in [-0.39, 0.29) is 40.0 Å². The first kappa shape index (κ1) is 20.1. The molecule has 3 rings (SSSR count). The summed E-state index contributed by atoms with van der Waals surface area (Å²) in [5.74, 6) is -1.60. The zero-order valence-electron chi connectivity index (χ0n) is 14.7. The van der Waals surface area contributed by atoms with Crippen LogP contribution in [0.3, 0.4) is 0 Å². The van der Waals surface area contributed by atoms with Gasteiger partial charge in [0.2, 0.25) is 0 Å². The Labute approximate surface area is 162 Å². The molecule has 28 heavy (non-hydrogen) atoms. The lowest BCUT2D eigenvalue weighted by molar-refractivity contribution is 0.0132. The maximum atomic E-state index is 13.8. The normalized spacial score (nSPS) is 13.5. The Bertz CT molecular complexity index is 1060. The molecule has 0 fully saturated rings. The van der Waals surface area contributed by atoms with Crippen LogP contribution in [0.5, 0.6) is 0 Å². The van der Waals surface area contributed by atoms with Crippen molar-refractivity contribution >= 4 is 28.7 Å². The molecule has 2 heterocycles. The fraction of sp³-hybridized carbons (Fsp3) is 0.294. The molecule has 0 saturated carbocycles. The van der Waals surface area contributed by atoms with Crippen LogP contribution in [0.25, 0.3) is 11.2 Å². The van der Waals surface area contributed by atoms with E-state index in [0.717, 1.165) is 24.0 Å². The number of rotatable bonds is 7. The minimum absolute atomic E-state index is 0.0426. The van der Waals surface area contributed by atoms with E-state index in [1.165, 1.54) is 19.1 Å². The fourth-order valence-electron chi connectivity index (χ4n) is 2.24. The second kappa shape index (κ2) is 8.17. The maximum absolute atomic E-state index is 13.8. The molecule has 0 bridgehead atoms. The topological polar surface area (TPSA) is 124 Å². The molecule has 0 aliphatic rings. The molecule has 0 aliphatic heterocycles. The van der Waals surface area contributed by atoms with E-state index in [1.54, 1.807) is 0 Å². The van der Waals surface area contributed by atoms with Crippen molar-refractivity contribution in [3.05, 3.63) is 51.9 Å².